The standard InChI is InChI=1S/C12H20N5O6P/c1-3-22-24(19,23-4-2)8-20-5-6-21-17-7-14-9-10(17)15-12(13)16-11(9)18/h7H,3-6,8H2,1-2H3,(H3,13,15,16,18). The zero-order valence-corrected chi connectivity index (χ0v) is 14.3. The molecule has 0 atom stereocenters. The van der Waals surface area contributed by atoms with E-state index in [0.29, 0.717) is 0 Å². The van der Waals surface area contributed by atoms with Gasteiger partial charge in [0, 0.05) is 0 Å². The molecule has 24 heavy (non-hydrogen) atoms. The first-order chi connectivity index (χ1) is 11.5. The number of nitrogens with two attached hydrogens (primary N) is 1. The average Bonchev–Trinajstić information content (AvgIpc) is 2.91. The smallest absolute Gasteiger partial charge is 0.356 e. The van der Waals surface area contributed by atoms with Crippen LogP contribution in [0.5, 0.6) is 0 Å². The van der Waals surface area contributed by atoms with Crippen molar-refractivity contribution < 1.29 is 23.2 Å². The number of aromatic amines is 1. The molecule has 0 saturated heterocycles. The van der Waals surface area contributed by atoms with Gasteiger partial charge in [0.2, 0.25) is 11.6 Å². The van der Waals surface area contributed by atoms with Crippen molar-refractivity contribution in [2.45, 2.75) is 13.8 Å². The summed E-state index contributed by atoms with van der Waals surface area (Å²) in [6.07, 6.45) is 1.13. The predicted molar refractivity (Wildman–Crippen MR) is 85.7 cm³/mol. The Morgan fingerprint density at radius 3 is 2.67 bits per heavy atom. The average molecular weight is 361 g/mol. The molecule has 0 unspecified atom stereocenters. The van der Waals surface area contributed by atoms with Crippen LogP contribution in [0.2, 0.25) is 0 Å². The number of rotatable bonds is 10. The first-order valence-corrected chi connectivity index (χ1v) is 9.04. The summed E-state index contributed by atoms with van der Waals surface area (Å²) in [5, 5.41) is 0. The molecule has 2 aromatic rings. The van der Waals surface area contributed by atoms with Crippen molar-refractivity contribution in [2.75, 3.05) is 38.5 Å². The molecule has 11 nitrogen and oxygen atoms in total. The first-order valence-electron chi connectivity index (χ1n) is 7.31. The van der Waals surface area contributed by atoms with Gasteiger partial charge in [0.25, 0.3) is 5.56 Å². The number of nitrogen functional groups attached to an aromatic ring is 1. The third-order valence-corrected chi connectivity index (χ3v) is 4.56. The number of H-pyrrole nitrogens is 1. The summed E-state index contributed by atoms with van der Waals surface area (Å²) in [6, 6.07) is 0. The van der Waals surface area contributed by atoms with Crippen LogP contribution in [0, 0.1) is 0 Å². The van der Waals surface area contributed by atoms with Crippen LogP contribution in [0.3, 0.4) is 0 Å². The molecule has 0 amide bonds. The van der Waals surface area contributed by atoms with E-state index >= 15 is 0 Å². The van der Waals surface area contributed by atoms with Crippen molar-refractivity contribution in [1.29, 1.82) is 0 Å². The molecule has 0 saturated carbocycles. The quantitative estimate of drug-likeness (QED) is 0.453. The van der Waals surface area contributed by atoms with Gasteiger partial charge in [-0.1, -0.05) is 0 Å². The fourth-order valence-corrected chi connectivity index (χ4v) is 3.24. The van der Waals surface area contributed by atoms with Crippen molar-refractivity contribution in [1.82, 2.24) is 19.7 Å². The Morgan fingerprint density at radius 2 is 2.00 bits per heavy atom. The lowest BCUT2D eigenvalue weighted by atomic mass is 10.5. The van der Waals surface area contributed by atoms with Crippen molar-refractivity contribution in [2.24, 2.45) is 0 Å². The van der Waals surface area contributed by atoms with Crippen LogP contribution >= 0.6 is 7.60 Å². The van der Waals surface area contributed by atoms with E-state index in [1.807, 2.05) is 0 Å². The molecule has 0 aliphatic rings. The third kappa shape index (κ3) is 4.54. The highest BCUT2D eigenvalue weighted by molar-refractivity contribution is 7.53. The van der Waals surface area contributed by atoms with Gasteiger partial charge in [-0.25, -0.2) is 4.98 Å². The Morgan fingerprint density at radius 1 is 1.29 bits per heavy atom. The summed E-state index contributed by atoms with van der Waals surface area (Å²) in [4.78, 5) is 27.2. The van der Waals surface area contributed by atoms with Crippen molar-refractivity contribution in [3.05, 3.63) is 16.7 Å². The fourth-order valence-electron chi connectivity index (χ4n) is 1.88. The van der Waals surface area contributed by atoms with Crippen LogP contribution in [-0.2, 0) is 18.3 Å². The third-order valence-electron chi connectivity index (χ3n) is 2.75. The minimum absolute atomic E-state index is 0.0385. The molecular formula is C12H20N5O6P. The summed E-state index contributed by atoms with van der Waals surface area (Å²) in [5.41, 5.74) is 5.35. The first kappa shape index (κ1) is 18.4. The Labute approximate surface area is 137 Å². The molecule has 2 rings (SSSR count). The van der Waals surface area contributed by atoms with Gasteiger partial charge in [0.1, 0.15) is 19.3 Å². The minimum atomic E-state index is -3.24. The highest BCUT2D eigenvalue weighted by Gasteiger charge is 2.23. The lowest BCUT2D eigenvalue weighted by Gasteiger charge is -2.16. The van der Waals surface area contributed by atoms with E-state index in [1.165, 1.54) is 11.1 Å². The van der Waals surface area contributed by atoms with Gasteiger partial charge < -0.3 is 24.4 Å². The normalized spacial score (nSPS) is 11.9. The van der Waals surface area contributed by atoms with E-state index in [1.54, 1.807) is 13.8 Å². The molecular weight excluding hydrogens is 341 g/mol. The van der Waals surface area contributed by atoms with Crippen LogP contribution in [0.4, 0.5) is 5.95 Å². The van der Waals surface area contributed by atoms with E-state index in [9.17, 15) is 9.36 Å². The maximum absolute atomic E-state index is 12.2. The molecule has 0 aromatic carbocycles. The second kappa shape index (κ2) is 8.25. The van der Waals surface area contributed by atoms with Gasteiger partial charge in [-0.15, -0.1) is 0 Å². The highest BCUT2D eigenvalue weighted by atomic mass is 31.2. The fraction of sp³-hybridized carbons (Fsp3) is 0.583. The van der Waals surface area contributed by atoms with E-state index in [0.717, 1.165) is 0 Å². The number of nitrogens with zero attached hydrogens (tertiary/aromatic N) is 3. The maximum atomic E-state index is 12.2. The van der Waals surface area contributed by atoms with Gasteiger partial charge in [-0.3, -0.25) is 14.3 Å². The van der Waals surface area contributed by atoms with Gasteiger partial charge in [0.05, 0.1) is 19.8 Å². The highest BCUT2D eigenvalue weighted by Crippen LogP contribution is 2.47. The molecule has 3 N–H and O–H groups in total. The van der Waals surface area contributed by atoms with E-state index in [2.05, 4.69) is 15.0 Å². The second-order valence-corrected chi connectivity index (χ2v) is 6.51. The molecule has 0 radical (unpaired) electrons. The molecule has 12 heteroatoms. The summed E-state index contributed by atoms with van der Waals surface area (Å²) in [6.45, 7) is 4.21. The number of hydrogen-bond donors (Lipinski definition) is 2. The molecule has 0 spiro atoms. The van der Waals surface area contributed by atoms with E-state index in [4.69, 9.17) is 24.4 Å². The van der Waals surface area contributed by atoms with Crippen LogP contribution in [0.15, 0.2) is 11.1 Å². The number of anilines is 1. The number of ether oxygens (including phenoxy) is 1. The number of imidazole rings is 1. The predicted octanol–water partition coefficient (Wildman–Crippen LogP) is 0.371. The summed E-state index contributed by atoms with van der Waals surface area (Å²) in [7, 11) is -3.24. The lowest BCUT2D eigenvalue weighted by Crippen LogP contribution is -2.19. The molecule has 0 bridgehead atoms. The van der Waals surface area contributed by atoms with Crippen LogP contribution in [0.1, 0.15) is 13.8 Å². The van der Waals surface area contributed by atoms with Crippen molar-refractivity contribution in [3.63, 3.8) is 0 Å². The second-order valence-electron chi connectivity index (χ2n) is 4.51. The van der Waals surface area contributed by atoms with E-state index < -0.39 is 13.2 Å². The zero-order chi connectivity index (χ0) is 17.6. The Kier molecular flexibility index (Phi) is 6.32. The minimum Gasteiger partial charge on any atom is -0.408 e. The number of nitrogens with one attached hydrogen (secondary N) is 1. The number of fused-ring (bicyclic) bond motifs is 1. The molecule has 0 aliphatic carbocycles. The van der Waals surface area contributed by atoms with Gasteiger partial charge in [-0.05, 0) is 13.8 Å². The molecule has 0 aliphatic heterocycles. The summed E-state index contributed by atoms with van der Waals surface area (Å²) < 4.78 is 28.9. The number of hydrogen-bond acceptors (Lipinski definition) is 9. The van der Waals surface area contributed by atoms with Crippen LogP contribution in [0.25, 0.3) is 11.2 Å². The Balaban J connectivity index is 1.87. The van der Waals surface area contributed by atoms with Crippen LogP contribution < -0.4 is 16.1 Å². The molecule has 2 aromatic heterocycles. The van der Waals surface area contributed by atoms with Crippen LogP contribution in [-0.4, -0.2) is 52.5 Å². The SMILES string of the molecule is CCOP(=O)(COCCOn1cnc2c(=O)[nH]c(N)nc21)OCC. The lowest BCUT2D eigenvalue weighted by molar-refractivity contribution is 0.0488. The van der Waals surface area contributed by atoms with Gasteiger partial charge in [0.15, 0.2) is 5.52 Å². The Hall–Kier alpha value is -1.94. The molecule has 0 fully saturated rings. The van der Waals surface area contributed by atoms with Gasteiger partial charge >= 0.3 is 7.60 Å². The maximum Gasteiger partial charge on any atom is 0.356 e. The van der Waals surface area contributed by atoms with Crippen molar-refractivity contribution in [3.8, 4) is 0 Å². The summed E-state index contributed by atoms with van der Waals surface area (Å²) >= 11 is 0. The number of aromatic nitrogens is 4. The monoisotopic (exact) mass is 361 g/mol. The summed E-state index contributed by atoms with van der Waals surface area (Å²) in [5.74, 6) is -0.0385. The molecule has 134 valence electrons. The molecule has 2 heterocycles. The zero-order valence-electron chi connectivity index (χ0n) is 13.4. The van der Waals surface area contributed by atoms with Crippen molar-refractivity contribution >= 4 is 24.7 Å². The van der Waals surface area contributed by atoms with E-state index in [-0.39, 0.29) is 49.9 Å². The Bertz CT molecular complexity index is 765. The topological polar surface area (TPSA) is 144 Å². The van der Waals surface area contributed by atoms with Gasteiger partial charge in [-0.2, -0.15) is 9.71 Å². The largest absolute Gasteiger partial charge is 0.408 e.